The van der Waals surface area contributed by atoms with E-state index in [4.69, 9.17) is 23.2 Å². The zero-order chi connectivity index (χ0) is 31.9. The number of aromatic nitrogens is 6. The van der Waals surface area contributed by atoms with Crippen molar-refractivity contribution in [2.24, 2.45) is 5.92 Å². The molecule has 2 aromatic carbocycles. The van der Waals surface area contributed by atoms with Crippen LogP contribution in [-0.2, 0) is 11.0 Å². The van der Waals surface area contributed by atoms with Gasteiger partial charge in [0, 0.05) is 46.1 Å². The molecule has 3 aromatic heterocycles. The third-order valence-electron chi connectivity index (χ3n) is 7.70. The normalized spacial score (nSPS) is 17.2. The summed E-state index contributed by atoms with van der Waals surface area (Å²) in [6.45, 7) is 1.85. The van der Waals surface area contributed by atoms with Crippen molar-refractivity contribution in [2.45, 2.75) is 38.4 Å². The molecular formula is C31H24Cl2F3N7O2. The summed E-state index contributed by atoms with van der Waals surface area (Å²) < 4.78 is 42.1. The van der Waals surface area contributed by atoms with E-state index in [1.807, 2.05) is 13.0 Å². The monoisotopic (exact) mass is 653 g/mol. The Morgan fingerprint density at radius 1 is 1.02 bits per heavy atom. The van der Waals surface area contributed by atoms with E-state index < -0.39 is 23.5 Å². The maximum Gasteiger partial charge on any atom is 0.436 e. The smallest absolute Gasteiger partial charge is 0.325 e. The van der Waals surface area contributed by atoms with Gasteiger partial charge in [-0.2, -0.15) is 13.2 Å². The van der Waals surface area contributed by atoms with Crippen molar-refractivity contribution < 1.29 is 18.0 Å². The van der Waals surface area contributed by atoms with Gasteiger partial charge in [-0.15, -0.1) is 5.10 Å². The number of rotatable bonds is 3. The number of anilines is 1. The number of benzene rings is 2. The standard InChI is InChI=1S/C31H24Cl2F3N7O2/c1-17-4-2-7-25(18-10-19(14-37-13-18)29-22(33)5-3-6-23(29)39-30(17)45)42-16-38-24(12-28(42)44)21-11-20(32)8-9-26(21)43-15-27(40-41-43)31(34,35)36/h3,5-6,8-17,25H,2,4,7H2,1H3,(H,39,45)/t17-,25+/m1/s1. The first-order valence-corrected chi connectivity index (χ1v) is 14.7. The zero-order valence-electron chi connectivity index (χ0n) is 23.6. The highest BCUT2D eigenvalue weighted by Gasteiger charge is 2.35. The first-order chi connectivity index (χ1) is 21.5. The van der Waals surface area contributed by atoms with Gasteiger partial charge in [0.2, 0.25) is 5.91 Å². The number of fused-ring (bicyclic) bond motifs is 4. The Bertz CT molecular complexity index is 1980. The first-order valence-electron chi connectivity index (χ1n) is 13.9. The highest BCUT2D eigenvalue weighted by atomic mass is 35.5. The highest BCUT2D eigenvalue weighted by Crippen LogP contribution is 2.38. The van der Waals surface area contributed by atoms with Crippen LogP contribution in [0.15, 0.2) is 78.2 Å². The van der Waals surface area contributed by atoms with Crippen LogP contribution in [0.4, 0.5) is 18.9 Å². The zero-order valence-corrected chi connectivity index (χ0v) is 25.1. The summed E-state index contributed by atoms with van der Waals surface area (Å²) in [4.78, 5) is 35.7. The Kier molecular flexibility index (Phi) is 8.19. The first kappa shape index (κ1) is 30.5. The molecule has 9 nitrogen and oxygen atoms in total. The van der Waals surface area contributed by atoms with Crippen molar-refractivity contribution in [3.8, 4) is 28.1 Å². The minimum Gasteiger partial charge on any atom is -0.325 e. The Balaban J connectivity index is 1.43. The summed E-state index contributed by atoms with van der Waals surface area (Å²) in [6.07, 6.45) is 2.47. The molecule has 0 fully saturated rings. The van der Waals surface area contributed by atoms with Gasteiger partial charge in [0.15, 0.2) is 5.69 Å². The minimum atomic E-state index is -4.68. The number of pyridine rings is 1. The fraction of sp³-hybridized carbons (Fsp3) is 0.226. The summed E-state index contributed by atoms with van der Waals surface area (Å²) in [6, 6.07) is 12.4. The second-order valence-corrected chi connectivity index (χ2v) is 11.6. The third-order valence-corrected chi connectivity index (χ3v) is 8.25. The van der Waals surface area contributed by atoms with Crippen LogP contribution in [0.3, 0.4) is 0 Å². The molecule has 0 spiro atoms. The Morgan fingerprint density at radius 2 is 1.84 bits per heavy atom. The number of alkyl halides is 3. The average molecular weight is 654 g/mol. The molecule has 0 unspecified atom stereocenters. The highest BCUT2D eigenvalue weighted by molar-refractivity contribution is 6.34. The second kappa shape index (κ2) is 12.1. The summed E-state index contributed by atoms with van der Waals surface area (Å²) in [5.74, 6) is -0.448. The van der Waals surface area contributed by atoms with Crippen molar-refractivity contribution in [3.05, 3.63) is 105 Å². The maximum absolute atomic E-state index is 13.7. The topological polar surface area (TPSA) is 108 Å². The van der Waals surface area contributed by atoms with Crippen LogP contribution >= 0.6 is 23.2 Å². The largest absolute Gasteiger partial charge is 0.436 e. The van der Waals surface area contributed by atoms with Gasteiger partial charge in [0.1, 0.15) is 0 Å². The summed E-state index contributed by atoms with van der Waals surface area (Å²) >= 11 is 12.8. The molecule has 4 heterocycles. The van der Waals surface area contributed by atoms with E-state index >= 15 is 0 Å². The Hall–Kier alpha value is -4.55. The predicted molar refractivity (Wildman–Crippen MR) is 163 cm³/mol. The maximum atomic E-state index is 13.7. The van der Waals surface area contributed by atoms with Gasteiger partial charge in [0.05, 0.1) is 40.7 Å². The molecule has 2 atom stereocenters. The van der Waals surface area contributed by atoms with E-state index in [0.29, 0.717) is 46.7 Å². The lowest BCUT2D eigenvalue weighted by molar-refractivity contribution is -0.141. The number of halogens is 5. The van der Waals surface area contributed by atoms with Crippen LogP contribution in [0.1, 0.15) is 43.5 Å². The van der Waals surface area contributed by atoms with Gasteiger partial charge in [-0.25, -0.2) is 9.67 Å². The molecule has 1 aliphatic rings. The number of amides is 1. The summed E-state index contributed by atoms with van der Waals surface area (Å²) in [5, 5.41) is 10.6. The van der Waals surface area contributed by atoms with E-state index in [-0.39, 0.29) is 28.2 Å². The van der Waals surface area contributed by atoms with Gasteiger partial charge in [-0.3, -0.25) is 19.1 Å². The van der Waals surface area contributed by atoms with Gasteiger partial charge < -0.3 is 5.32 Å². The number of hydrogen-bond acceptors (Lipinski definition) is 6. The lowest BCUT2D eigenvalue weighted by atomic mass is 9.94. The number of nitrogens with one attached hydrogen (secondary N) is 1. The van der Waals surface area contributed by atoms with Crippen LogP contribution < -0.4 is 10.9 Å². The number of carbonyl (C=O) groups is 1. The number of hydrogen-bond donors (Lipinski definition) is 1. The SMILES string of the molecule is C[C@@H]1CCC[C@H](n2cnc(-c3cc(Cl)ccc3-n3cc(C(F)(F)F)nn3)cc2=O)c2cncc(c2)-c2c(Cl)cccc2NC1=O. The van der Waals surface area contributed by atoms with Crippen LogP contribution in [0.2, 0.25) is 10.0 Å². The molecule has 0 saturated carbocycles. The summed E-state index contributed by atoms with van der Waals surface area (Å²) in [5.41, 5.74) is 1.68. The fourth-order valence-electron chi connectivity index (χ4n) is 5.39. The van der Waals surface area contributed by atoms with E-state index in [1.165, 1.54) is 35.2 Å². The molecule has 5 aromatic rings. The number of nitrogens with zero attached hydrogens (tertiary/aromatic N) is 6. The number of carbonyl (C=O) groups excluding carboxylic acids is 1. The van der Waals surface area contributed by atoms with Crippen LogP contribution in [0, 0.1) is 5.92 Å². The second-order valence-electron chi connectivity index (χ2n) is 10.7. The molecule has 1 N–H and O–H groups in total. The molecular weight excluding hydrogens is 630 g/mol. The van der Waals surface area contributed by atoms with Crippen molar-refractivity contribution >= 4 is 34.8 Å². The molecule has 6 rings (SSSR count). The van der Waals surface area contributed by atoms with Gasteiger partial charge in [-0.1, -0.05) is 47.8 Å². The van der Waals surface area contributed by atoms with Crippen LogP contribution in [-0.4, -0.2) is 35.4 Å². The fourth-order valence-corrected chi connectivity index (χ4v) is 5.84. The van der Waals surface area contributed by atoms with E-state index in [2.05, 4.69) is 25.6 Å². The average Bonchev–Trinajstić information content (AvgIpc) is 3.50. The van der Waals surface area contributed by atoms with Crippen molar-refractivity contribution in [2.75, 3.05) is 5.32 Å². The van der Waals surface area contributed by atoms with Gasteiger partial charge in [-0.05, 0) is 54.8 Å². The third kappa shape index (κ3) is 6.20. The Morgan fingerprint density at radius 3 is 2.60 bits per heavy atom. The molecule has 0 radical (unpaired) electrons. The lowest BCUT2D eigenvalue weighted by Gasteiger charge is -2.23. The van der Waals surface area contributed by atoms with Crippen LogP contribution in [0.25, 0.3) is 28.1 Å². The molecule has 2 bridgehead atoms. The molecule has 0 aliphatic carbocycles. The van der Waals surface area contributed by atoms with E-state index in [1.54, 1.807) is 30.6 Å². The molecule has 45 heavy (non-hydrogen) atoms. The predicted octanol–water partition coefficient (Wildman–Crippen LogP) is 7.23. The quantitative estimate of drug-likeness (QED) is 0.220. The van der Waals surface area contributed by atoms with E-state index in [9.17, 15) is 22.8 Å². The van der Waals surface area contributed by atoms with Crippen molar-refractivity contribution in [1.29, 1.82) is 0 Å². The molecule has 230 valence electrons. The van der Waals surface area contributed by atoms with Gasteiger partial charge >= 0.3 is 6.18 Å². The summed E-state index contributed by atoms with van der Waals surface area (Å²) in [7, 11) is 0. The van der Waals surface area contributed by atoms with Gasteiger partial charge in [0.25, 0.3) is 5.56 Å². The minimum absolute atomic E-state index is 0.144. The molecule has 1 aliphatic heterocycles. The van der Waals surface area contributed by atoms with Crippen LogP contribution in [0.5, 0.6) is 0 Å². The van der Waals surface area contributed by atoms with E-state index in [0.717, 1.165) is 16.4 Å². The Labute approximate surface area is 264 Å². The molecule has 0 saturated heterocycles. The molecule has 14 heteroatoms. The lowest BCUT2D eigenvalue weighted by Crippen LogP contribution is -2.26. The molecule has 1 amide bonds. The van der Waals surface area contributed by atoms with Crippen molar-refractivity contribution in [1.82, 2.24) is 29.5 Å². The van der Waals surface area contributed by atoms with Crippen molar-refractivity contribution in [3.63, 3.8) is 0 Å².